The molecule has 1 fully saturated rings. The van der Waals surface area contributed by atoms with Gasteiger partial charge in [0.15, 0.2) is 0 Å². The zero-order valence-electron chi connectivity index (χ0n) is 13.2. The van der Waals surface area contributed by atoms with Gasteiger partial charge in [-0.2, -0.15) is 0 Å². The zero-order valence-corrected chi connectivity index (χ0v) is 13.2. The maximum atomic E-state index is 13.9. The predicted octanol–water partition coefficient (Wildman–Crippen LogP) is 3.34. The lowest BCUT2D eigenvalue weighted by molar-refractivity contribution is -0.125. The molecule has 1 amide bonds. The summed E-state index contributed by atoms with van der Waals surface area (Å²) in [4.78, 5) is 15.8. The molecule has 0 saturated carbocycles. The number of hydrogen-bond donors (Lipinski definition) is 0. The molecule has 0 aromatic heterocycles. The van der Waals surface area contributed by atoms with E-state index in [1.54, 1.807) is 30.0 Å². The third-order valence-electron chi connectivity index (χ3n) is 4.31. The third-order valence-corrected chi connectivity index (χ3v) is 4.31. The minimum atomic E-state index is -0.634. The summed E-state index contributed by atoms with van der Waals surface area (Å²) in [6, 6.07) is 9.01. The molecule has 1 saturated heterocycles. The molecular formula is C18H17F3N2O. The van der Waals surface area contributed by atoms with Crippen molar-refractivity contribution in [2.75, 3.05) is 18.0 Å². The van der Waals surface area contributed by atoms with Crippen molar-refractivity contribution in [2.24, 2.45) is 0 Å². The monoisotopic (exact) mass is 334 g/mol. The molecule has 1 atom stereocenters. The van der Waals surface area contributed by atoms with E-state index in [9.17, 15) is 18.0 Å². The van der Waals surface area contributed by atoms with Crippen molar-refractivity contribution < 1.29 is 18.0 Å². The average Bonchev–Trinajstić information content (AvgIpc) is 2.55. The van der Waals surface area contributed by atoms with Crippen LogP contribution in [0.15, 0.2) is 42.5 Å². The number of anilines is 1. The maximum Gasteiger partial charge on any atom is 0.244 e. The second kappa shape index (κ2) is 6.65. The van der Waals surface area contributed by atoms with Crippen molar-refractivity contribution in [1.29, 1.82) is 0 Å². The molecule has 0 aliphatic carbocycles. The minimum absolute atomic E-state index is 0.199. The standard InChI is InChI=1S/C18H17F3N2O/c1-12-18(24)23(17-5-3-2-4-15(17)20)9-8-22(12)11-13-6-7-14(19)10-16(13)21/h2-7,10,12H,8-9,11H2,1H3/t12-/m1/s1. The highest BCUT2D eigenvalue weighted by atomic mass is 19.1. The fourth-order valence-corrected chi connectivity index (χ4v) is 2.91. The number of piperazine rings is 1. The van der Waals surface area contributed by atoms with E-state index in [1.165, 1.54) is 23.1 Å². The molecule has 1 aliphatic heterocycles. The molecule has 0 N–H and O–H groups in total. The first-order valence-corrected chi connectivity index (χ1v) is 7.71. The van der Waals surface area contributed by atoms with Crippen LogP contribution in [0.1, 0.15) is 12.5 Å². The lowest BCUT2D eigenvalue weighted by atomic mass is 10.1. The zero-order chi connectivity index (χ0) is 17.3. The highest BCUT2D eigenvalue weighted by Crippen LogP contribution is 2.24. The van der Waals surface area contributed by atoms with E-state index in [-0.39, 0.29) is 18.1 Å². The average molecular weight is 334 g/mol. The molecule has 1 aliphatic rings. The van der Waals surface area contributed by atoms with Gasteiger partial charge in [0.1, 0.15) is 17.5 Å². The van der Waals surface area contributed by atoms with Gasteiger partial charge in [-0.3, -0.25) is 9.69 Å². The van der Waals surface area contributed by atoms with Crippen molar-refractivity contribution >= 4 is 11.6 Å². The quantitative estimate of drug-likeness (QED) is 0.859. The van der Waals surface area contributed by atoms with Crippen molar-refractivity contribution in [3.8, 4) is 0 Å². The molecule has 0 spiro atoms. The largest absolute Gasteiger partial charge is 0.307 e. The van der Waals surface area contributed by atoms with Crippen LogP contribution >= 0.6 is 0 Å². The molecule has 0 radical (unpaired) electrons. The maximum absolute atomic E-state index is 13.9. The van der Waals surface area contributed by atoms with Crippen molar-refractivity contribution in [3.05, 3.63) is 65.5 Å². The summed E-state index contributed by atoms with van der Waals surface area (Å²) in [5.41, 5.74) is 0.581. The molecule has 24 heavy (non-hydrogen) atoms. The summed E-state index contributed by atoms with van der Waals surface area (Å²) in [6.07, 6.45) is 0. The Hall–Kier alpha value is -2.34. The Balaban J connectivity index is 1.76. The first-order chi connectivity index (χ1) is 11.5. The summed E-state index contributed by atoms with van der Waals surface area (Å²) >= 11 is 0. The van der Waals surface area contributed by atoms with Crippen LogP contribution in [0.5, 0.6) is 0 Å². The van der Waals surface area contributed by atoms with Crippen LogP contribution in [0, 0.1) is 17.5 Å². The molecule has 2 aromatic rings. The van der Waals surface area contributed by atoms with Crippen LogP contribution in [0.4, 0.5) is 18.9 Å². The van der Waals surface area contributed by atoms with Crippen LogP contribution < -0.4 is 4.90 Å². The molecule has 3 nitrogen and oxygen atoms in total. The van der Waals surface area contributed by atoms with Gasteiger partial charge in [-0.15, -0.1) is 0 Å². The summed E-state index contributed by atoms with van der Waals surface area (Å²) in [5.74, 6) is -1.96. The van der Waals surface area contributed by atoms with Crippen LogP contribution in [-0.2, 0) is 11.3 Å². The number of nitrogens with zero attached hydrogens (tertiary/aromatic N) is 2. The Morgan fingerprint density at radius 3 is 2.50 bits per heavy atom. The molecule has 2 aromatic carbocycles. The van der Waals surface area contributed by atoms with E-state index in [1.807, 2.05) is 0 Å². The first kappa shape index (κ1) is 16.5. The number of halogens is 3. The van der Waals surface area contributed by atoms with Crippen molar-refractivity contribution in [1.82, 2.24) is 4.90 Å². The van der Waals surface area contributed by atoms with E-state index >= 15 is 0 Å². The molecular weight excluding hydrogens is 317 g/mol. The van der Waals surface area contributed by atoms with E-state index in [0.717, 1.165) is 6.07 Å². The van der Waals surface area contributed by atoms with Crippen molar-refractivity contribution in [2.45, 2.75) is 19.5 Å². The molecule has 1 heterocycles. The van der Waals surface area contributed by atoms with Gasteiger partial charge in [-0.25, -0.2) is 13.2 Å². The molecule has 3 rings (SSSR count). The molecule has 6 heteroatoms. The van der Waals surface area contributed by atoms with E-state index in [4.69, 9.17) is 0 Å². The predicted molar refractivity (Wildman–Crippen MR) is 85.0 cm³/mol. The summed E-state index contributed by atoms with van der Waals surface area (Å²) in [6.45, 7) is 2.69. The van der Waals surface area contributed by atoms with E-state index in [2.05, 4.69) is 0 Å². The van der Waals surface area contributed by atoms with Gasteiger partial charge in [-0.1, -0.05) is 18.2 Å². The van der Waals surface area contributed by atoms with Gasteiger partial charge in [0.2, 0.25) is 5.91 Å². The SMILES string of the molecule is C[C@@H]1C(=O)N(c2ccccc2F)CCN1Cc1ccc(F)cc1F. The van der Waals surface area contributed by atoms with Gasteiger partial charge in [0, 0.05) is 31.3 Å². The summed E-state index contributed by atoms with van der Waals surface area (Å²) < 4.78 is 40.7. The van der Waals surface area contributed by atoms with Crippen LogP contribution in [0.2, 0.25) is 0 Å². The van der Waals surface area contributed by atoms with Gasteiger partial charge in [0.05, 0.1) is 11.7 Å². The van der Waals surface area contributed by atoms with Gasteiger partial charge >= 0.3 is 0 Å². The highest BCUT2D eigenvalue weighted by molar-refractivity contribution is 5.97. The van der Waals surface area contributed by atoms with Crippen LogP contribution in [-0.4, -0.2) is 29.9 Å². The Morgan fingerprint density at radius 2 is 1.79 bits per heavy atom. The fourth-order valence-electron chi connectivity index (χ4n) is 2.91. The fraction of sp³-hybridized carbons (Fsp3) is 0.278. The second-order valence-electron chi connectivity index (χ2n) is 5.82. The normalized spacial score (nSPS) is 18.9. The highest BCUT2D eigenvalue weighted by Gasteiger charge is 2.33. The lowest BCUT2D eigenvalue weighted by Gasteiger charge is -2.39. The minimum Gasteiger partial charge on any atom is -0.307 e. The number of rotatable bonds is 3. The first-order valence-electron chi connectivity index (χ1n) is 7.71. The van der Waals surface area contributed by atoms with Gasteiger partial charge < -0.3 is 4.90 Å². The Labute approximate surface area is 138 Å². The Morgan fingerprint density at radius 1 is 1.04 bits per heavy atom. The number of para-hydroxylation sites is 1. The number of benzene rings is 2. The third kappa shape index (κ3) is 3.14. The number of carbonyl (C=O) groups excluding carboxylic acids is 1. The van der Waals surface area contributed by atoms with Crippen LogP contribution in [0.25, 0.3) is 0 Å². The number of carbonyl (C=O) groups is 1. The molecule has 0 bridgehead atoms. The lowest BCUT2D eigenvalue weighted by Crippen LogP contribution is -2.55. The summed E-state index contributed by atoms with van der Waals surface area (Å²) in [7, 11) is 0. The van der Waals surface area contributed by atoms with Gasteiger partial charge in [0.25, 0.3) is 0 Å². The molecule has 0 unspecified atom stereocenters. The molecule has 126 valence electrons. The Kier molecular flexibility index (Phi) is 4.57. The van der Waals surface area contributed by atoms with Crippen molar-refractivity contribution in [3.63, 3.8) is 0 Å². The second-order valence-corrected chi connectivity index (χ2v) is 5.82. The van der Waals surface area contributed by atoms with Crippen LogP contribution in [0.3, 0.4) is 0 Å². The number of hydrogen-bond acceptors (Lipinski definition) is 2. The van der Waals surface area contributed by atoms with E-state index < -0.39 is 23.5 Å². The van der Waals surface area contributed by atoms with Gasteiger partial charge in [-0.05, 0) is 25.1 Å². The van der Waals surface area contributed by atoms with E-state index in [0.29, 0.717) is 18.7 Å². The Bertz CT molecular complexity index is 766. The summed E-state index contributed by atoms with van der Waals surface area (Å²) in [5, 5.41) is 0. The smallest absolute Gasteiger partial charge is 0.244 e. The topological polar surface area (TPSA) is 23.6 Å². The number of amides is 1.